The van der Waals surface area contributed by atoms with Crippen molar-refractivity contribution in [2.24, 2.45) is 0 Å². The van der Waals surface area contributed by atoms with Crippen LogP contribution in [0.5, 0.6) is 0 Å². The third-order valence-electron chi connectivity index (χ3n) is 3.86. The van der Waals surface area contributed by atoms with Crippen molar-refractivity contribution in [2.75, 3.05) is 13.7 Å². The third-order valence-corrected chi connectivity index (χ3v) is 5.26. The van der Waals surface area contributed by atoms with Crippen molar-refractivity contribution in [1.29, 1.82) is 0 Å². The van der Waals surface area contributed by atoms with Gasteiger partial charge in [-0.3, -0.25) is 9.78 Å². The van der Waals surface area contributed by atoms with Crippen LogP contribution >= 0.6 is 0 Å². The third kappa shape index (κ3) is 5.52. The van der Waals surface area contributed by atoms with Crippen LogP contribution < -0.4 is 4.72 Å². The van der Waals surface area contributed by atoms with Gasteiger partial charge in [-0.25, -0.2) is 13.1 Å². The molecule has 0 radical (unpaired) electrons. The van der Waals surface area contributed by atoms with E-state index in [0.717, 1.165) is 19.2 Å². The minimum Gasteiger partial charge on any atom is -0.466 e. The number of aromatic nitrogens is 1. The highest BCUT2D eigenvalue weighted by Gasteiger charge is 2.32. The fourth-order valence-electron chi connectivity index (χ4n) is 2.41. The number of aryl methyl sites for hydroxylation is 1. The molecular weight excluding hydrogens is 397 g/mol. The van der Waals surface area contributed by atoms with Gasteiger partial charge in [0.05, 0.1) is 23.5 Å². The van der Waals surface area contributed by atoms with Crippen LogP contribution in [0.15, 0.2) is 41.4 Å². The first-order valence-corrected chi connectivity index (χ1v) is 9.82. The molecule has 0 aliphatic carbocycles. The van der Waals surface area contributed by atoms with Gasteiger partial charge >= 0.3 is 12.1 Å². The highest BCUT2D eigenvalue weighted by Crippen LogP contribution is 2.34. The summed E-state index contributed by atoms with van der Waals surface area (Å²) in [4.78, 5) is 15.0. The predicted molar refractivity (Wildman–Crippen MR) is 95.9 cm³/mol. The zero-order valence-electron chi connectivity index (χ0n) is 15.2. The van der Waals surface area contributed by atoms with E-state index in [4.69, 9.17) is 4.74 Å². The second-order valence-corrected chi connectivity index (χ2v) is 7.68. The Balaban J connectivity index is 2.36. The van der Waals surface area contributed by atoms with Gasteiger partial charge in [0, 0.05) is 23.9 Å². The number of nitrogens with one attached hydrogen (secondary N) is 1. The van der Waals surface area contributed by atoms with Crippen LogP contribution in [0.4, 0.5) is 13.2 Å². The van der Waals surface area contributed by atoms with Gasteiger partial charge in [-0.1, -0.05) is 6.07 Å². The predicted octanol–water partition coefficient (Wildman–Crippen LogP) is 3.17. The molecule has 0 aliphatic heterocycles. The van der Waals surface area contributed by atoms with Crippen LogP contribution in [0.25, 0.3) is 11.1 Å². The largest absolute Gasteiger partial charge is 0.466 e. The van der Waals surface area contributed by atoms with Crippen LogP contribution in [0.1, 0.15) is 24.6 Å². The van der Waals surface area contributed by atoms with Crippen LogP contribution in [0.3, 0.4) is 0 Å². The zero-order valence-corrected chi connectivity index (χ0v) is 16.0. The number of sulfonamides is 1. The summed E-state index contributed by atoms with van der Waals surface area (Å²) in [5.41, 5.74) is -0.135. The SMILES string of the molecule is CCOC(=O)CCc1ccc(-c2cc(C(F)(F)F)cc(S(=O)(=O)NC)c2)cn1. The summed E-state index contributed by atoms with van der Waals surface area (Å²) >= 11 is 0. The lowest BCUT2D eigenvalue weighted by Crippen LogP contribution is -2.19. The number of carbonyl (C=O) groups is 1. The Morgan fingerprint density at radius 3 is 2.43 bits per heavy atom. The van der Waals surface area contributed by atoms with Gasteiger partial charge in [0.1, 0.15) is 0 Å². The monoisotopic (exact) mass is 416 g/mol. The van der Waals surface area contributed by atoms with Crippen molar-refractivity contribution in [3.8, 4) is 11.1 Å². The number of halogens is 3. The number of rotatable bonds is 7. The van der Waals surface area contributed by atoms with E-state index in [1.54, 1.807) is 13.0 Å². The average Bonchev–Trinajstić information content (AvgIpc) is 2.66. The molecular formula is C18H19F3N2O4S. The van der Waals surface area contributed by atoms with Crippen LogP contribution in [0, 0.1) is 0 Å². The molecule has 0 saturated carbocycles. The first kappa shape index (κ1) is 21.8. The molecule has 2 aromatic rings. The smallest absolute Gasteiger partial charge is 0.416 e. The lowest BCUT2D eigenvalue weighted by Gasteiger charge is -2.13. The lowest BCUT2D eigenvalue weighted by atomic mass is 10.0. The highest BCUT2D eigenvalue weighted by atomic mass is 32.2. The summed E-state index contributed by atoms with van der Waals surface area (Å²) in [7, 11) is -2.94. The molecule has 2 rings (SSSR count). The first-order valence-electron chi connectivity index (χ1n) is 8.33. The lowest BCUT2D eigenvalue weighted by molar-refractivity contribution is -0.143. The second kappa shape index (κ2) is 8.70. The molecule has 0 amide bonds. The Labute approximate surface area is 160 Å². The summed E-state index contributed by atoms with van der Waals surface area (Å²) in [6.45, 7) is 1.97. The van der Waals surface area contributed by atoms with Crippen molar-refractivity contribution >= 4 is 16.0 Å². The highest BCUT2D eigenvalue weighted by molar-refractivity contribution is 7.89. The van der Waals surface area contributed by atoms with E-state index in [-0.39, 0.29) is 24.6 Å². The van der Waals surface area contributed by atoms with E-state index < -0.39 is 26.7 Å². The van der Waals surface area contributed by atoms with E-state index in [0.29, 0.717) is 23.7 Å². The number of carbonyl (C=O) groups excluding carboxylic acids is 1. The van der Waals surface area contributed by atoms with Gasteiger partial charge in [-0.05, 0) is 43.8 Å². The van der Waals surface area contributed by atoms with E-state index >= 15 is 0 Å². The topological polar surface area (TPSA) is 85.4 Å². The van der Waals surface area contributed by atoms with Gasteiger partial charge in [-0.2, -0.15) is 13.2 Å². The van der Waals surface area contributed by atoms with E-state index in [1.807, 2.05) is 4.72 Å². The number of nitrogens with zero attached hydrogens (tertiary/aromatic N) is 1. The molecule has 1 N–H and O–H groups in total. The van der Waals surface area contributed by atoms with Gasteiger partial charge in [0.25, 0.3) is 0 Å². The number of ether oxygens (including phenoxy) is 1. The summed E-state index contributed by atoms with van der Waals surface area (Å²) in [5.74, 6) is -0.367. The molecule has 152 valence electrons. The molecule has 0 bridgehead atoms. The molecule has 0 fully saturated rings. The van der Waals surface area contributed by atoms with Gasteiger partial charge < -0.3 is 4.74 Å². The maximum absolute atomic E-state index is 13.2. The minimum atomic E-state index is -4.71. The quantitative estimate of drug-likeness (QED) is 0.701. The van der Waals surface area contributed by atoms with Crippen molar-refractivity contribution in [1.82, 2.24) is 9.71 Å². The molecule has 1 aromatic carbocycles. The molecule has 6 nitrogen and oxygen atoms in total. The maximum atomic E-state index is 13.2. The first-order chi connectivity index (χ1) is 13.1. The average molecular weight is 416 g/mol. The number of hydrogen-bond donors (Lipinski definition) is 1. The Morgan fingerprint density at radius 2 is 1.89 bits per heavy atom. The summed E-state index contributed by atoms with van der Waals surface area (Å²) < 4.78 is 70.3. The van der Waals surface area contributed by atoms with Crippen molar-refractivity contribution < 1.29 is 31.1 Å². The van der Waals surface area contributed by atoms with Gasteiger partial charge in [-0.15, -0.1) is 0 Å². The van der Waals surface area contributed by atoms with Gasteiger partial charge in [0.15, 0.2) is 0 Å². The Hall–Kier alpha value is -2.46. The van der Waals surface area contributed by atoms with Crippen LogP contribution in [-0.2, 0) is 32.2 Å². The molecule has 0 atom stereocenters. The minimum absolute atomic E-state index is 0.0630. The Kier molecular flexibility index (Phi) is 6.78. The molecule has 1 heterocycles. The number of benzene rings is 1. The fraction of sp³-hybridized carbons (Fsp3) is 0.333. The van der Waals surface area contributed by atoms with Crippen molar-refractivity contribution in [3.63, 3.8) is 0 Å². The molecule has 0 saturated heterocycles. The summed E-state index contributed by atoms with van der Waals surface area (Å²) in [5, 5.41) is 0. The molecule has 0 unspecified atom stereocenters. The number of pyridine rings is 1. The van der Waals surface area contributed by atoms with Crippen molar-refractivity contribution in [3.05, 3.63) is 47.8 Å². The molecule has 10 heteroatoms. The van der Waals surface area contributed by atoms with Gasteiger partial charge in [0.2, 0.25) is 10.0 Å². The zero-order chi connectivity index (χ0) is 20.9. The fourth-order valence-corrected chi connectivity index (χ4v) is 3.21. The van der Waals surface area contributed by atoms with E-state index in [1.165, 1.54) is 12.3 Å². The van der Waals surface area contributed by atoms with E-state index in [2.05, 4.69) is 4.98 Å². The van der Waals surface area contributed by atoms with E-state index in [9.17, 15) is 26.4 Å². The maximum Gasteiger partial charge on any atom is 0.416 e. The normalized spacial score (nSPS) is 12.0. The number of alkyl halides is 3. The molecule has 28 heavy (non-hydrogen) atoms. The van der Waals surface area contributed by atoms with Crippen LogP contribution in [-0.4, -0.2) is 33.0 Å². The molecule has 0 aliphatic rings. The van der Waals surface area contributed by atoms with Crippen molar-refractivity contribution in [2.45, 2.75) is 30.8 Å². The number of esters is 1. The standard InChI is InChI=1S/C18H19F3N2O4S/c1-3-27-17(24)7-6-15-5-4-12(11-23-15)13-8-14(18(19,20)21)10-16(9-13)28(25,26)22-2/h4-5,8-11,22H,3,6-7H2,1-2H3. The summed E-state index contributed by atoms with van der Waals surface area (Å²) in [6, 6.07) is 5.69. The number of hydrogen-bond acceptors (Lipinski definition) is 5. The summed E-state index contributed by atoms with van der Waals surface area (Å²) in [6.07, 6.45) is -2.91. The molecule has 0 spiro atoms. The Morgan fingerprint density at radius 1 is 1.18 bits per heavy atom. The van der Waals surface area contributed by atoms with Crippen LogP contribution in [0.2, 0.25) is 0 Å². The second-order valence-electron chi connectivity index (χ2n) is 5.79. The molecule has 1 aromatic heterocycles. The Bertz CT molecular complexity index is 942.